The minimum absolute atomic E-state index is 0.331. The Bertz CT molecular complexity index is 925. The third kappa shape index (κ3) is 2.19. The second-order valence-electron chi connectivity index (χ2n) is 5.91. The monoisotopic (exact) mass is 328 g/mol. The van der Waals surface area contributed by atoms with E-state index >= 15 is 0 Å². The van der Waals surface area contributed by atoms with Crippen LogP contribution >= 0.6 is 0 Å². The van der Waals surface area contributed by atoms with E-state index in [0.29, 0.717) is 42.5 Å². The lowest BCUT2D eigenvalue weighted by molar-refractivity contribution is -0.144. The molecule has 0 atom stereocenters. The first-order valence-corrected chi connectivity index (χ1v) is 7.54. The largest absolute Gasteiger partial charge is 0.479 e. The number of carbonyl (C=O) groups excluding carboxylic acids is 1. The highest BCUT2D eigenvalue weighted by Gasteiger charge is 2.49. The number of aliphatic carboxylic acids is 1. The van der Waals surface area contributed by atoms with Crippen LogP contribution < -0.4 is 10.7 Å². The fourth-order valence-electron chi connectivity index (χ4n) is 3.37. The van der Waals surface area contributed by atoms with E-state index in [1.165, 1.54) is 22.6 Å². The zero-order chi connectivity index (χ0) is 17.5. The molecule has 1 aliphatic rings. The van der Waals surface area contributed by atoms with Gasteiger partial charge in [0.25, 0.3) is 0 Å². The normalized spacial score (nSPS) is 16.0. The van der Waals surface area contributed by atoms with Gasteiger partial charge in [-0.05, 0) is 37.0 Å². The Balaban J connectivity index is 2.22. The number of aromatic nitrogens is 1. The number of carbonyl (C=O) groups is 2. The van der Waals surface area contributed by atoms with Crippen LogP contribution in [0.1, 0.15) is 25.7 Å². The van der Waals surface area contributed by atoms with Crippen molar-refractivity contribution in [1.29, 1.82) is 0 Å². The van der Waals surface area contributed by atoms with Gasteiger partial charge in [0, 0.05) is 12.7 Å². The molecule has 1 saturated carbocycles. The van der Waals surface area contributed by atoms with E-state index < -0.39 is 23.2 Å². The number of rotatable bonds is 3. The Morgan fingerprint density at radius 3 is 2.62 bits per heavy atom. The van der Waals surface area contributed by atoms with Gasteiger partial charge in [0.05, 0.1) is 5.52 Å². The molecule has 0 spiro atoms. The number of oxazole rings is 1. The zero-order valence-electron chi connectivity index (χ0n) is 13.1. The summed E-state index contributed by atoms with van der Waals surface area (Å²) in [5.41, 5.74) is -0.202. The molecule has 124 valence electrons. The Hall–Kier alpha value is -3.01. The molecular weight excluding hydrogens is 312 g/mol. The molecule has 24 heavy (non-hydrogen) atoms. The molecule has 2 aromatic rings. The molecule has 0 radical (unpaired) electrons. The topological polar surface area (TPSA) is 92.8 Å². The van der Waals surface area contributed by atoms with E-state index in [1.807, 2.05) is 5.92 Å². The van der Waals surface area contributed by atoms with Crippen molar-refractivity contribution < 1.29 is 19.1 Å². The van der Waals surface area contributed by atoms with Gasteiger partial charge in [0.1, 0.15) is 5.54 Å². The summed E-state index contributed by atoms with van der Waals surface area (Å²) in [5.74, 6) is -0.311. The lowest BCUT2D eigenvalue weighted by atomic mass is 9.94. The van der Waals surface area contributed by atoms with Gasteiger partial charge in [-0.25, -0.2) is 9.59 Å². The highest BCUT2D eigenvalue weighted by molar-refractivity contribution is 6.10. The molecule has 7 heteroatoms. The third-order valence-corrected chi connectivity index (χ3v) is 4.62. The fourth-order valence-corrected chi connectivity index (χ4v) is 3.37. The Kier molecular flexibility index (Phi) is 3.68. The van der Waals surface area contributed by atoms with Gasteiger partial charge in [-0.3, -0.25) is 14.3 Å². The quantitative estimate of drug-likeness (QED) is 0.862. The van der Waals surface area contributed by atoms with Crippen LogP contribution in [0.15, 0.2) is 27.4 Å². The van der Waals surface area contributed by atoms with Crippen LogP contribution in [-0.2, 0) is 16.6 Å². The molecule has 0 aliphatic heterocycles. The van der Waals surface area contributed by atoms with Crippen LogP contribution in [0.4, 0.5) is 5.69 Å². The van der Waals surface area contributed by atoms with E-state index in [2.05, 4.69) is 0 Å². The van der Waals surface area contributed by atoms with E-state index in [1.54, 1.807) is 12.1 Å². The predicted molar refractivity (Wildman–Crippen MR) is 86.6 cm³/mol. The van der Waals surface area contributed by atoms with Crippen molar-refractivity contribution in [3.8, 4) is 12.3 Å². The van der Waals surface area contributed by atoms with Crippen LogP contribution in [-0.4, -0.2) is 27.1 Å². The van der Waals surface area contributed by atoms with Crippen LogP contribution in [0.3, 0.4) is 0 Å². The number of carboxylic acid groups (broad SMARTS) is 1. The van der Waals surface area contributed by atoms with Crippen LogP contribution in [0, 0.1) is 12.3 Å². The maximum atomic E-state index is 12.4. The summed E-state index contributed by atoms with van der Waals surface area (Å²) in [4.78, 5) is 37.1. The first kappa shape index (κ1) is 15.9. The zero-order valence-corrected chi connectivity index (χ0v) is 13.1. The van der Waals surface area contributed by atoms with Gasteiger partial charge in [0.15, 0.2) is 5.58 Å². The minimum Gasteiger partial charge on any atom is -0.479 e. The van der Waals surface area contributed by atoms with Crippen molar-refractivity contribution in [2.24, 2.45) is 7.05 Å². The first-order valence-electron chi connectivity index (χ1n) is 7.54. The highest BCUT2D eigenvalue weighted by atomic mass is 16.4. The van der Waals surface area contributed by atoms with Crippen molar-refractivity contribution >= 4 is 28.7 Å². The molecule has 7 nitrogen and oxygen atoms in total. The lowest BCUT2D eigenvalue weighted by Gasteiger charge is -2.36. The molecule has 1 fully saturated rings. The second kappa shape index (κ2) is 5.57. The summed E-state index contributed by atoms with van der Waals surface area (Å²) in [6.45, 7) is 0. The molecule has 1 amide bonds. The van der Waals surface area contributed by atoms with E-state index in [4.69, 9.17) is 10.8 Å². The number of hydrogen-bond acceptors (Lipinski definition) is 4. The summed E-state index contributed by atoms with van der Waals surface area (Å²) in [7, 11) is 1.54. The van der Waals surface area contributed by atoms with Gasteiger partial charge in [-0.1, -0.05) is 12.8 Å². The average Bonchev–Trinajstić information content (AvgIpc) is 3.15. The summed E-state index contributed by atoms with van der Waals surface area (Å²) in [6, 6.07) is 4.63. The molecule has 1 aromatic carbocycles. The third-order valence-electron chi connectivity index (χ3n) is 4.62. The molecule has 1 N–H and O–H groups in total. The fraction of sp³-hybridized carbons (Fsp3) is 0.353. The van der Waals surface area contributed by atoms with Crippen molar-refractivity contribution in [2.75, 3.05) is 4.90 Å². The van der Waals surface area contributed by atoms with Crippen molar-refractivity contribution in [3.63, 3.8) is 0 Å². The van der Waals surface area contributed by atoms with Crippen LogP contribution in [0.5, 0.6) is 0 Å². The van der Waals surface area contributed by atoms with Crippen molar-refractivity contribution in [3.05, 3.63) is 28.7 Å². The number of benzene rings is 1. The Morgan fingerprint density at radius 2 is 2.04 bits per heavy atom. The molecule has 0 unspecified atom stereocenters. The van der Waals surface area contributed by atoms with Crippen molar-refractivity contribution in [2.45, 2.75) is 31.2 Å². The second-order valence-corrected chi connectivity index (χ2v) is 5.91. The Labute approximate surface area is 137 Å². The SMILES string of the molecule is C#CC(=O)N(c1ccc2oc(=O)n(C)c2c1)C1(C(=O)O)CCCC1. The van der Waals surface area contributed by atoms with Gasteiger partial charge in [-0.15, -0.1) is 6.42 Å². The van der Waals surface area contributed by atoms with E-state index in [-0.39, 0.29) is 0 Å². The number of anilines is 1. The number of terminal acetylenes is 1. The van der Waals surface area contributed by atoms with Gasteiger partial charge < -0.3 is 9.52 Å². The van der Waals surface area contributed by atoms with Gasteiger partial charge in [0.2, 0.25) is 0 Å². The summed E-state index contributed by atoms with van der Waals surface area (Å²) in [6.07, 6.45) is 7.34. The average molecular weight is 328 g/mol. The number of carboxylic acids is 1. The van der Waals surface area contributed by atoms with E-state index in [9.17, 15) is 19.5 Å². The summed E-state index contributed by atoms with van der Waals surface area (Å²) >= 11 is 0. The molecule has 1 heterocycles. The highest BCUT2D eigenvalue weighted by Crippen LogP contribution is 2.39. The molecule has 0 bridgehead atoms. The smallest absolute Gasteiger partial charge is 0.419 e. The molecule has 1 aromatic heterocycles. The predicted octanol–water partition coefficient (Wildman–Crippen LogP) is 1.50. The lowest BCUT2D eigenvalue weighted by Crippen LogP contribution is -2.55. The number of fused-ring (bicyclic) bond motifs is 1. The maximum absolute atomic E-state index is 12.4. The Morgan fingerprint density at radius 1 is 1.38 bits per heavy atom. The summed E-state index contributed by atoms with van der Waals surface area (Å²) in [5, 5.41) is 9.78. The number of hydrogen-bond donors (Lipinski definition) is 1. The number of aryl methyl sites for hydroxylation is 1. The number of amides is 1. The summed E-state index contributed by atoms with van der Waals surface area (Å²) < 4.78 is 6.36. The van der Waals surface area contributed by atoms with Crippen LogP contribution in [0.2, 0.25) is 0 Å². The standard InChI is InChI=1S/C17H16N2O5/c1-3-14(20)19(17(15(21)22)8-4-5-9-17)11-6-7-13-12(10-11)18(2)16(23)24-13/h1,6-7,10H,4-5,8-9H2,2H3,(H,21,22). The minimum atomic E-state index is -1.36. The maximum Gasteiger partial charge on any atom is 0.419 e. The van der Waals surface area contributed by atoms with Crippen molar-refractivity contribution in [1.82, 2.24) is 4.57 Å². The van der Waals surface area contributed by atoms with Gasteiger partial charge in [-0.2, -0.15) is 0 Å². The van der Waals surface area contributed by atoms with E-state index in [0.717, 1.165) is 0 Å². The van der Waals surface area contributed by atoms with Crippen LogP contribution in [0.25, 0.3) is 11.1 Å². The van der Waals surface area contributed by atoms with Gasteiger partial charge >= 0.3 is 17.6 Å². The molecular formula is C17H16N2O5. The molecule has 3 rings (SSSR count). The molecule has 1 aliphatic carbocycles. The number of nitrogens with zero attached hydrogens (tertiary/aromatic N) is 2. The first-order chi connectivity index (χ1) is 11.4. The molecule has 0 saturated heterocycles.